The second kappa shape index (κ2) is 7.02. The Bertz CT molecular complexity index is 271. The molecule has 0 aromatic carbocycles. The summed E-state index contributed by atoms with van der Waals surface area (Å²) in [5.74, 6) is 0.905. The van der Waals surface area contributed by atoms with Gasteiger partial charge >= 0.3 is 0 Å². The predicted molar refractivity (Wildman–Crippen MR) is 77.5 cm³/mol. The third-order valence-electron chi connectivity index (χ3n) is 4.63. The minimum Gasteiger partial charge on any atom is -0.382 e. The van der Waals surface area contributed by atoms with Crippen molar-refractivity contribution in [3.63, 3.8) is 0 Å². The Kier molecular flexibility index (Phi) is 5.63. The van der Waals surface area contributed by atoms with Crippen molar-refractivity contribution in [1.29, 1.82) is 0 Å². The lowest BCUT2D eigenvalue weighted by Crippen LogP contribution is -2.63. The molecule has 1 saturated heterocycles. The number of methoxy groups -OCH3 is 1. The fourth-order valence-corrected chi connectivity index (χ4v) is 3.15. The minimum absolute atomic E-state index is 0.374. The van der Waals surface area contributed by atoms with Gasteiger partial charge in [0.2, 0.25) is 0 Å². The van der Waals surface area contributed by atoms with Crippen LogP contribution in [0.3, 0.4) is 0 Å². The van der Waals surface area contributed by atoms with E-state index in [1.54, 1.807) is 7.11 Å². The Morgan fingerprint density at radius 1 is 1.26 bits per heavy atom. The molecule has 1 heterocycles. The number of piperazine rings is 1. The van der Waals surface area contributed by atoms with E-state index in [9.17, 15) is 0 Å². The van der Waals surface area contributed by atoms with Gasteiger partial charge in [0.05, 0.1) is 13.2 Å². The lowest BCUT2D eigenvalue weighted by Gasteiger charge is -2.48. The predicted octanol–water partition coefficient (Wildman–Crippen LogP) is 1.50. The molecule has 2 aliphatic rings. The summed E-state index contributed by atoms with van der Waals surface area (Å²) in [6.45, 7) is 10.5. The lowest BCUT2D eigenvalue weighted by molar-refractivity contribution is 0.0220. The molecule has 0 aromatic rings. The highest BCUT2D eigenvalue weighted by Crippen LogP contribution is 2.43. The third kappa shape index (κ3) is 4.15. The molecule has 2 rings (SSSR count). The topological polar surface area (TPSA) is 33.7 Å². The van der Waals surface area contributed by atoms with Crippen LogP contribution in [0.2, 0.25) is 0 Å². The van der Waals surface area contributed by atoms with Crippen molar-refractivity contribution in [2.45, 2.75) is 44.7 Å². The maximum Gasteiger partial charge on any atom is 0.0700 e. The lowest BCUT2D eigenvalue weighted by atomic mass is 9.89. The molecular formula is C15H30N2O2. The molecule has 0 spiro atoms. The molecule has 112 valence electrons. The van der Waals surface area contributed by atoms with Crippen LogP contribution in [-0.2, 0) is 9.47 Å². The summed E-state index contributed by atoms with van der Waals surface area (Å²) in [4.78, 5) is 2.70. The van der Waals surface area contributed by atoms with Crippen LogP contribution in [-0.4, -0.2) is 63.0 Å². The Hall–Kier alpha value is -0.160. The van der Waals surface area contributed by atoms with E-state index >= 15 is 0 Å². The van der Waals surface area contributed by atoms with Gasteiger partial charge in [-0.25, -0.2) is 0 Å². The van der Waals surface area contributed by atoms with Gasteiger partial charge in [0.1, 0.15) is 0 Å². The second-order valence-corrected chi connectivity index (χ2v) is 6.32. The first kappa shape index (κ1) is 15.2. The van der Waals surface area contributed by atoms with E-state index in [4.69, 9.17) is 9.47 Å². The van der Waals surface area contributed by atoms with Crippen molar-refractivity contribution in [2.75, 3.05) is 46.6 Å². The van der Waals surface area contributed by atoms with Crippen LogP contribution in [0.4, 0.5) is 0 Å². The van der Waals surface area contributed by atoms with Crippen molar-refractivity contribution in [3.8, 4) is 0 Å². The monoisotopic (exact) mass is 270 g/mol. The molecule has 1 N–H and O–H groups in total. The fraction of sp³-hybridized carbons (Fsp3) is 1.00. The molecule has 1 saturated carbocycles. The average molecular weight is 270 g/mol. The zero-order valence-corrected chi connectivity index (χ0v) is 12.8. The van der Waals surface area contributed by atoms with Crippen molar-refractivity contribution >= 4 is 0 Å². The Balaban J connectivity index is 1.72. The van der Waals surface area contributed by atoms with Crippen LogP contribution < -0.4 is 5.32 Å². The Morgan fingerprint density at radius 2 is 2.05 bits per heavy atom. The van der Waals surface area contributed by atoms with Crippen molar-refractivity contribution in [1.82, 2.24) is 10.2 Å². The normalized spacial score (nSPS) is 32.7. The molecule has 2 atom stereocenters. The van der Waals surface area contributed by atoms with E-state index in [-0.39, 0.29) is 0 Å². The van der Waals surface area contributed by atoms with Gasteiger partial charge in [-0.3, -0.25) is 4.90 Å². The summed E-state index contributed by atoms with van der Waals surface area (Å²) in [7, 11) is 1.71. The van der Waals surface area contributed by atoms with Gasteiger partial charge < -0.3 is 14.8 Å². The first-order chi connectivity index (χ1) is 9.16. The quantitative estimate of drug-likeness (QED) is 0.678. The van der Waals surface area contributed by atoms with Gasteiger partial charge in [-0.05, 0) is 39.0 Å². The second-order valence-electron chi connectivity index (χ2n) is 6.32. The number of nitrogens with one attached hydrogen (secondary N) is 1. The first-order valence-corrected chi connectivity index (χ1v) is 7.72. The summed E-state index contributed by atoms with van der Waals surface area (Å²) < 4.78 is 10.6. The van der Waals surface area contributed by atoms with Crippen LogP contribution in [0.15, 0.2) is 0 Å². The molecule has 4 heteroatoms. The van der Waals surface area contributed by atoms with Crippen LogP contribution in [0.1, 0.15) is 33.1 Å². The minimum atomic E-state index is 0.374. The third-order valence-corrected chi connectivity index (χ3v) is 4.63. The fourth-order valence-electron chi connectivity index (χ4n) is 3.15. The Morgan fingerprint density at radius 3 is 2.74 bits per heavy atom. The number of rotatable bonds is 8. The number of nitrogens with zero attached hydrogens (tertiary/aromatic N) is 1. The molecule has 0 amide bonds. The highest BCUT2D eigenvalue weighted by molar-refractivity contribution is 5.04. The Labute approximate surface area is 117 Å². The van der Waals surface area contributed by atoms with Gasteiger partial charge in [0, 0.05) is 44.9 Å². The van der Waals surface area contributed by atoms with E-state index < -0.39 is 0 Å². The highest BCUT2D eigenvalue weighted by atomic mass is 16.5. The molecule has 19 heavy (non-hydrogen) atoms. The summed E-state index contributed by atoms with van der Waals surface area (Å²) in [5.41, 5.74) is 0.374. The van der Waals surface area contributed by atoms with Gasteiger partial charge in [-0.2, -0.15) is 0 Å². The largest absolute Gasteiger partial charge is 0.382 e. The van der Waals surface area contributed by atoms with E-state index in [2.05, 4.69) is 24.1 Å². The number of hydrogen-bond donors (Lipinski definition) is 1. The van der Waals surface area contributed by atoms with Crippen LogP contribution in [0.5, 0.6) is 0 Å². The average Bonchev–Trinajstić information content (AvgIpc) is 3.22. The summed E-state index contributed by atoms with van der Waals surface area (Å²) in [5, 5.41) is 3.65. The van der Waals surface area contributed by atoms with Crippen LogP contribution in [0.25, 0.3) is 0 Å². The number of hydrogen-bond acceptors (Lipinski definition) is 4. The smallest absolute Gasteiger partial charge is 0.0700 e. The first-order valence-electron chi connectivity index (χ1n) is 7.72. The summed E-state index contributed by atoms with van der Waals surface area (Å²) in [6.07, 6.45) is 3.94. The molecule has 0 radical (unpaired) electrons. The highest BCUT2D eigenvalue weighted by Gasteiger charge is 2.47. The van der Waals surface area contributed by atoms with Crippen LogP contribution in [0, 0.1) is 5.92 Å². The molecular weight excluding hydrogens is 240 g/mol. The van der Waals surface area contributed by atoms with Crippen molar-refractivity contribution in [2.24, 2.45) is 5.92 Å². The van der Waals surface area contributed by atoms with Gasteiger partial charge in [-0.15, -0.1) is 0 Å². The van der Waals surface area contributed by atoms with Gasteiger partial charge in [0.15, 0.2) is 0 Å². The zero-order valence-electron chi connectivity index (χ0n) is 12.8. The maximum atomic E-state index is 5.57. The molecule has 2 fully saturated rings. The molecule has 0 aromatic heterocycles. The summed E-state index contributed by atoms with van der Waals surface area (Å²) >= 11 is 0. The standard InChI is InChI=1S/C15H30N2O2/c1-13-11-17(7-4-8-19-10-9-18-3)15(2,12-16-13)14-5-6-14/h13-14,16H,4-12H2,1-3H3. The summed E-state index contributed by atoms with van der Waals surface area (Å²) in [6, 6.07) is 0.612. The molecule has 4 nitrogen and oxygen atoms in total. The SMILES string of the molecule is COCCOCCCN1CC(C)NCC1(C)C1CC1. The van der Waals surface area contributed by atoms with Crippen molar-refractivity contribution in [3.05, 3.63) is 0 Å². The van der Waals surface area contributed by atoms with Gasteiger partial charge in [-0.1, -0.05) is 0 Å². The maximum absolute atomic E-state index is 5.57. The van der Waals surface area contributed by atoms with E-state index in [1.165, 1.54) is 19.4 Å². The van der Waals surface area contributed by atoms with Gasteiger partial charge in [0.25, 0.3) is 0 Å². The van der Waals surface area contributed by atoms with E-state index in [0.717, 1.165) is 32.0 Å². The molecule has 1 aliphatic heterocycles. The van der Waals surface area contributed by atoms with Crippen LogP contribution >= 0.6 is 0 Å². The zero-order chi connectivity index (χ0) is 13.7. The molecule has 0 bridgehead atoms. The molecule has 2 unspecified atom stereocenters. The molecule has 1 aliphatic carbocycles. The van der Waals surface area contributed by atoms with Crippen molar-refractivity contribution < 1.29 is 9.47 Å². The number of ether oxygens (including phenoxy) is 2. The van der Waals surface area contributed by atoms with E-state index in [1.807, 2.05) is 0 Å². The van der Waals surface area contributed by atoms with E-state index in [0.29, 0.717) is 24.8 Å².